The van der Waals surface area contributed by atoms with Gasteiger partial charge in [-0.25, -0.2) is 15.0 Å². The molecule has 116 valence electrons. The van der Waals surface area contributed by atoms with Crippen LogP contribution in [0.1, 0.15) is 12.8 Å². The van der Waals surface area contributed by atoms with Crippen molar-refractivity contribution in [3.63, 3.8) is 0 Å². The van der Waals surface area contributed by atoms with Crippen LogP contribution in [0, 0.1) is 0 Å². The molecule has 0 aromatic carbocycles. The van der Waals surface area contributed by atoms with Crippen molar-refractivity contribution in [2.75, 3.05) is 17.2 Å². The molecular weight excluding hydrogens is 297 g/mol. The molecule has 0 aliphatic carbocycles. The average molecular weight is 310 g/mol. The Labute approximate surface area is 124 Å². The van der Waals surface area contributed by atoms with E-state index >= 15 is 0 Å². The molecule has 0 amide bonds. The summed E-state index contributed by atoms with van der Waals surface area (Å²) in [5.41, 5.74) is 6.56. The number of aromatic nitrogens is 4. The molecule has 0 spiro atoms. The molecule has 2 N–H and O–H groups in total. The van der Waals surface area contributed by atoms with Crippen molar-refractivity contribution in [1.29, 1.82) is 0 Å². The van der Waals surface area contributed by atoms with Crippen LogP contribution >= 0.6 is 0 Å². The number of halogens is 3. The normalized spacial score (nSPS) is 18.7. The highest BCUT2D eigenvalue weighted by Crippen LogP contribution is 2.34. The summed E-state index contributed by atoms with van der Waals surface area (Å²) >= 11 is 0. The molecule has 22 heavy (non-hydrogen) atoms. The third-order valence-electron chi connectivity index (χ3n) is 3.47. The number of rotatable bonds is 2. The molecule has 2 aromatic heterocycles. The summed E-state index contributed by atoms with van der Waals surface area (Å²) in [6, 6.07) is -1.52. The summed E-state index contributed by atoms with van der Waals surface area (Å²) in [7, 11) is 0. The fourth-order valence-electron chi connectivity index (χ4n) is 2.47. The van der Waals surface area contributed by atoms with Crippen LogP contribution in [0.15, 0.2) is 24.8 Å². The van der Waals surface area contributed by atoms with Gasteiger partial charge in [-0.2, -0.15) is 13.2 Å². The molecule has 6 nitrogen and oxygen atoms in total. The Morgan fingerprint density at radius 1 is 1.14 bits per heavy atom. The first-order chi connectivity index (χ1) is 10.4. The molecule has 0 bridgehead atoms. The minimum absolute atomic E-state index is 0.0648. The van der Waals surface area contributed by atoms with Gasteiger partial charge >= 0.3 is 6.18 Å². The number of nitrogen functional groups attached to an aromatic ring is 1. The molecule has 9 heteroatoms. The maximum atomic E-state index is 13.0. The first-order valence-corrected chi connectivity index (χ1v) is 6.68. The van der Waals surface area contributed by atoms with Crippen LogP contribution in [0.3, 0.4) is 0 Å². The van der Waals surface area contributed by atoms with E-state index in [-0.39, 0.29) is 18.2 Å². The van der Waals surface area contributed by atoms with Crippen molar-refractivity contribution >= 4 is 11.8 Å². The highest BCUT2D eigenvalue weighted by atomic mass is 19.4. The van der Waals surface area contributed by atoms with Crippen LogP contribution < -0.4 is 10.6 Å². The molecule has 0 saturated carbocycles. The van der Waals surface area contributed by atoms with Crippen LogP contribution in [-0.4, -0.2) is 38.7 Å². The van der Waals surface area contributed by atoms with Gasteiger partial charge in [0.15, 0.2) is 0 Å². The van der Waals surface area contributed by atoms with E-state index in [1.165, 1.54) is 29.7 Å². The van der Waals surface area contributed by atoms with Crippen LogP contribution in [0.2, 0.25) is 0 Å². The quantitative estimate of drug-likeness (QED) is 0.914. The van der Waals surface area contributed by atoms with E-state index in [0.717, 1.165) is 0 Å². The highest BCUT2D eigenvalue weighted by Gasteiger charge is 2.46. The second-order valence-electron chi connectivity index (χ2n) is 4.99. The van der Waals surface area contributed by atoms with E-state index in [1.807, 2.05) is 0 Å². The van der Waals surface area contributed by atoms with Crippen molar-refractivity contribution in [3.05, 3.63) is 24.8 Å². The lowest BCUT2D eigenvalue weighted by Gasteiger charge is -2.26. The smallest absolute Gasteiger partial charge is 0.382 e. The van der Waals surface area contributed by atoms with E-state index in [0.29, 0.717) is 24.2 Å². The van der Waals surface area contributed by atoms with E-state index in [1.54, 1.807) is 0 Å². The fraction of sp³-hybridized carbons (Fsp3) is 0.385. The lowest BCUT2D eigenvalue weighted by atomic mass is 10.2. The van der Waals surface area contributed by atoms with Gasteiger partial charge in [0.25, 0.3) is 0 Å². The van der Waals surface area contributed by atoms with Crippen LogP contribution in [0.25, 0.3) is 11.3 Å². The van der Waals surface area contributed by atoms with E-state index < -0.39 is 12.2 Å². The molecule has 1 aliphatic heterocycles. The zero-order chi connectivity index (χ0) is 15.7. The van der Waals surface area contributed by atoms with Gasteiger partial charge < -0.3 is 10.6 Å². The predicted molar refractivity (Wildman–Crippen MR) is 73.9 cm³/mol. The predicted octanol–water partition coefficient (Wildman–Crippen LogP) is 2.05. The molecule has 1 atom stereocenters. The minimum atomic E-state index is -4.28. The molecule has 2 aromatic rings. The van der Waals surface area contributed by atoms with Gasteiger partial charge in [0.2, 0.25) is 5.95 Å². The summed E-state index contributed by atoms with van der Waals surface area (Å²) < 4.78 is 38.9. The maximum absolute atomic E-state index is 13.0. The Morgan fingerprint density at radius 2 is 1.86 bits per heavy atom. The summed E-state index contributed by atoms with van der Waals surface area (Å²) in [5.74, 6) is 0.318. The Kier molecular flexibility index (Phi) is 3.55. The minimum Gasteiger partial charge on any atom is -0.382 e. The number of hydrogen-bond acceptors (Lipinski definition) is 6. The molecule has 3 rings (SSSR count). The Morgan fingerprint density at radius 3 is 2.50 bits per heavy atom. The van der Waals surface area contributed by atoms with Gasteiger partial charge in [0, 0.05) is 24.5 Å². The molecule has 0 radical (unpaired) electrons. The van der Waals surface area contributed by atoms with Gasteiger partial charge in [-0.1, -0.05) is 0 Å². The highest BCUT2D eigenvalue weighted by molar-refractivity contribution is 5.58. The summed E-state index contributed by atoms with van der Waals surface area (Å²) in [5, 5.41) is 0. The lowest BCUT2D eigenvalue weighted by Crippen LogP contribution is -2.42. The number of hydrogen-bond donors (Lipinski definition) is 1. The topological polar surface area (TPSA) is 80.8 Å². The van der Waals surface area contributed by atoms with Gasteiger partial charge in [-0.15, -0.1) is 0 Å². The van der Waals surface area contributed by atoms with Crippen molar-refractivity contribution in [3.8, 4) is 11.3 Å². The van der Waals surface area contributed by atoms with Crippen molar-refractivity contribution in [1.82, 2.24) is 19.9 Å². The first kappa shape index (κ1) is 14.5. The van der Waals surface area contributed by atoms with Gasteiger partial charge in [-0.3, -0.25) is 4.98 Å². The Hall–Kier alpha value is -2.45. The van der Waals surface area contributed by atoms with E-state index in [9.17, 15) is 13.2 Å². The molecule has 0 unspecified atom stereocenters. The molecule has 3 heterocycles. The number of alkyl halides is 3. The van der Waals surface area contributed by atoms with Crippen molar-refractivity contribution < 1.29 is 13.2 Å². The molecule has 1 fully saturated rings. The Bertz CT molecular complexity index is 658. The summed E-state index contributed by atoms with van der Waals surface area (Å²) in [6.45, 7) is 0.293. The maximum Gasteiger partial charge on any atom is 0.408 e. The number of anilines is 2. The van der Waals surface area contributed by atoms with Crippen molar-refractivity contribution in [2.24, 2.45) is 0 Å². The standard InChI is InChI=1S/C13H13F3N6/c14-13(15,16)10-2-1-3-22(10)12-19-4-8(5-20-12)9-6-18-7-11(17)21-9/h4-7,10H,1-3H2,(H2,17,21)/t10-/m1/s1. The zero-order valence-corrected chi connectivity index (χ0v) is 11.5. The largest absolute Gasteiger partial charge is 0.408 e. The third kappa shape index (κ3) is 2.78. The van der Waals surface area contributed by atoms with Crippen LogP contribution in [0.5, 0.6) is 0 Å². The summed E-state index contributed by atoms with van der Waals surface area (Å²) in [4.78, 5) is 17.2. The van der Waals surface area contributed by atoms with Gasteiger partial charge in [-0.05, 0) is 12.8 Å². The van der Waals surface area contributed by atoms with Crippen molar-refractivity contribution in [2.45, 2.75) is 25.1 Å². The van der Waals surface area contributed by atoms with Crippen LogP contribution in [-0.2, 0) is 0 Å². The van der Waals surface area contributed by atoms with Gasteiger partial charge in [0.1, 0.15) is 11.9 Å². The molecule has 1 saturated heterocycles. The lowest BCUT2D eigenvalue weighted by molar-refractivity contribution is -0.146. The monoisotopic (exact) mass is 310 g/mol. The zero-order valence-electron chi connectivity index (χ0n) is 11.5. The summed E-state index contributed by atoms with van der Waals surface area (Å²) in [6.07, 6.45) is 2.00. The van der Waals surface area contributed by atoms with Gasteiger partial charge in [0.05, 0.1) is 18.1 Å². The van der Waals surface area contributed by atoms with E-state index in [2.05, 4.69) is 19.9 Å². The second-order valence-corrected chi connectivity index (χ2v) is 4.99. The third-order valence-corrected chi connectivity index (χ3v) is 3.47. The SMILES string of the molecule is Nc1cncc(-c2cnc(N3CCC[C@@H]3C(F)(F)F)nc2)n1. The van der Waals surface area contributed by atoms with Crippen LogP contribution in [0.4, 0.5) is 24.9 Å². The van der Waals surface area contributed by atoms with E-state index in [4.69, 9.17) is 5.73 Å². The molecular formula is C13H13F3N6. The number of nitrogens with two attached hydrogens (primary N) is 1. The Balaban J connectivity index is 1.85. The average Bonchev–Trinajstić information content (AvgIpc) is 2.97. The second kappa shape index (κ2) is 5.39. The first-order valence-electron chi connectivity index (χ1n) is 6.68. The number of nitrogens with zero attached hydrogens (tertiary/aromatic N) is 5. The fourth-order valence-corrected chi connectivity index (χ4v) is 2.47. The molecule has 1 aliphatic rings.